The van der Waals surface area contributed by atoms with Crippen LogP contribution in [0, 0.1) is 0 Å². The summed E-state index contributed by atoms with van der Waals surface area (Å²) in [5.41, 5.74) is 2.33. The van der Waals surface area contributed by atoms with Gasteiger partial charge < -0.3 is 29.2 Å². The van der Waals surface area contributed by atoms with Gasteiger partial charge >= 0.3 is 0 Å². The molecule has 0 unspecified atom stereocenters. The first-order chi connectivity index (χ1) is 15.7. The second kappa shape index (κ2) is 14.4. The summed E-state index contributed by atoms with van der Waals surface area (Å²) in [6, 6.07) is 20.1. The van der Waals surface area contributed by atoms with Crippen LogP contribution in [-0.2, 0) is 32.2 Å². The Kier molecular flexibility index (Phi) is 11.2. The van der Waals surface area contributed by atoms with Crippen LogP contribution >= 0.6 is 0 Å². The molecular weight excluding hydrogens is 408 g/mol. The molecule has 6 heteroatoms. The average molecular weight is 445 g/mol. The summed E-state index contributed by atoms with van der Waals surface area (Å²) in [4.78, 5) is 0. The molecule has 2 aliphatic rings. The molecule has 6 nitrogen and oxygen atoms in total. The minimum atomic E-state index is -0.223. The Labute approximate surface area is 191 Å². The van der Waals surface area contributed by atoms with E-state index in [1.165, 1.54) is 11.1 Å². The van der Waals surface area contributed by atoms with Gasteiger partial charge in [-0.15, -0.1) is 0 Å². The van der Waals surface area contributed by atoms with Crippen LogP contribution in [0.5, 0.6) is 0 Å². The highest BCUT2D eigenvalue weighted by atomic mass is 16.5. The van der Waals surface area contributed by atoms with Gasteiger partial charge in [-0.05, 0) is 24.0 Å². The van der Waals surface area contributed by atoms with Gasteiger partial charge in [-0.25, -0.2) is 0 Å². The van der Waals surface area contributed by atoms with Crippen molar-refractivity contribution in [3.8, 4) is 0 Å². The molecule has 2 N–H and O–H groups in total. The zero-order chi connectivity index (χ0) is 22.4. The summed E-state index contributed by atoms with van der Waals surface area (Å²) in [6.07, 6.45) is 2.52. The van der Waals surface area contributed by atoms with Crippen LogP contribution in [0.2, 0.25) is 0 Å². The maximum absolute atomic E-state index is 9.46. The van der Waals surface area contributed by atoms with Gasteiger partial charge in [0, 0.05) is 26.1 Å². The van der Waals surface area contributed by atoms with E-state index in [1.54, 1.807) is 0 Å². The molecule has 0 bridgehead atoms. The third-order valence-corrected chi connectivity index (χ3v) is 5.51. The van der Waals surface area contributed by atoms with Crippen molar-refractivity contribution in [2.24, 2.45) is 0 Å². The minimum Gasteiger partial charge on any atom is -0.393 e. The number of ether oxygens (including phenoxy) is 4. The molecule has 0 aliphatic carbocycles. The second-order valence-corrected chi connectivity index (χ2v) is 8.34. The number of rotatable bonds is 8. The predicted octanol–water partition coefficient (Wildman–Crippen LogP) is 3.49. The first-order valence-corrected chi connectivity index (χ1v) is 11.5. The molecule has 2 aromatic rings. The summed E-state index contributed by atoms with van der Waals surface area (Å²) in [6.45, 7) is 3.62. The highest BCUT2D eigenvalue weighted by Gasteiger charge is 2.21. The SMILES string of the molecule is O[C@@H]1CCO[C@H](COCc2ccccc2)C1.O[C@H]1CCO[C@@H](COCc2ccccc2)C1. The van der Waals surface area contributed by atoms with E-state index >= 15 is 0 Å². The summed E-state index contributed by atoms with van der Waals surface area (Å²) >= 11 is 0. The maximum Gasteiger partial charge on any atom is 0.0833 e. The van der Waals surface area contributed by atoms with E-state index in [2.05, 4.69) is 0 Å². The Balaban J connectivity index is 0.000000181. The number of hydrogen-bond donors (Lipinski definition) is 2. The molecule has 2 aromatic carbocycles. The second-order valence-electron chi connectivity index (χ2n) is 8.34. The molecule has 0 radical (unpaired) electrons. The van der Waals surface area contributed by atoms with Gasteiger partial charge in [0.15, 0.2) is 0 Å². The van der Waals surface area contributed by atoms with Crippen molar-refractivity contribution in [1.82, 2.24) is 0 Å². The first kappa shape index (κ1) is 24.8. The highest BCUT2D eigenvalue weighted by molar-refractivity contribution is 5.14. The Bertz CT molecular complexity index is 662. The largest absolute Gasteiger partial charge is 0.393 e. The molecule has 0 amide bonds. The molecule has 2 fully saturated rings. The van der Waals surface area contributed by atoms with E-state index in [-0.39, 0.29) is 24.4 Å². The molecule has 4 atom stereocenters. The lowest BCUT2D eigenvalue weighted by atomic mass is 10.1. The zero-order valence-electron chi connectivity index (χ0n) is 18.7. The van der Waals surface area contributed by atoms with Gasteiger partial charge in [0.25, 0.3) is 0 Å². The average Bonchev–Trinajstić information content (AvgIpc) is 2.81. The zero-order valence-corrected chi connectivity index (χ0v) is 18.7. The fourth-order valence-electron chi connectivity index (χ4n) is 3.72. The predicted molar refractivity (Wildman–Crippen MR) is 122 cm³/mol. The Hall–Kier alpha value is -1.80. The fraction of sp³-hybridized carbons (Fsp3) is 0.538. The van der Waals surface area contributed by atoms with Crippen molar-refractivity contribution < 1.29 is 29.2 Å². The highest BCUT2D eigenvalue weighted by Crippen LogP contribution is 2.15. The van der Waals surface area contributed by atoms with Crippen LogP contribution in [-0.4, -0.2) is 61.1 Å². The third kappa shape index (κ3) is 9.77. The van der Waals surface area contributed by atoms with Crippen molar-refractivity contribution in [2.75, 3.05) is 26.4 Å². The van der Waals surface area contributed by atoms with Crippen LogP contribution < -0.4 is 0 Å². The Morgan fingerprint density at radius 3 is 1.44 bits per heavy atom. The molecule has 0 saturated carbocycles. The van der Waals surface area contributed by atoms with Crippen molar-refractivity contribution >= 4 is 0 Å². The molecule has 2 aliphatic heterocycles. The number of aliphatic hydroxyl groups is 2. The van der Waals surface area contributed by atoms with Crippen LogP contribution in [0.15, 0.2) is 60.7 Å². The van der Waals surface area contributed by atoms with Crippen LogP contribution in [0.3, 0.4) is 0 Å². The van der Waals surface area contributed by atoms with Crippen LogP contribution in [0.4, 0.5) is 0 Å². The molecule has 32 heavy (non-hydrogen) atoms. The van der Waals surface area contributed by atoms with Gasteiger partial charge in [-0.3, -0.25) is 0 Å². The normalized spacial score (nSPS) is 25.6. The van der Waals surface area contributed by atoms with E-state index in [0.717, 1.165) is 12.8 Å². The Morgan fingerprint density at radius 2 is 1.06 bits per heavy atom. The lowest BCUT2D eigenvalue weighted by molar-refractivity contribution is -0.0813. The standard InChI is InChI=1S/2C13H18O3/c2*14-12-6-7-16-13(8-12)10-15-9-11-4-2-1-3-5-11/h2*1-5,12-14H,6-10H2/t2*12-,13+/m10/s1. The van der Waals surface area contributed by atoms with Crippen LogP contribution in [0.1, 0.15) is 36.8 Å². The van der Waals surface area contributed by atoms with Crippen molar-refractivity contribution in [2.45, 2.75) is 63.3 Å². The van der Waals surface area contributed by atoms with Crippen LogP contribution in [0.25, 0.3) is 0 Å². The lowest BCUT2D eigenvalue weighted by Gasteiger charge is -2.26. The summed E-state index contributed by atoms with van der Waals surface area (Å²) in [5, 5.41) is 18.9. The van der Waals surface area contributed by atoms with Gasteiger partial charge in [-0.1, -0.05) is 60.7 Å². The van der Waals surface area contributed by atoms with E-state index in [0.29, 0.717) is 52.5 Å². The summed E-state index contributed by atoms with van der Waals surface area (Å²) in [5.74, 6) is 0. The van der Waals surface area contributed by atoms with Gasteiger partial charge in [0.05, 0.1) is 50.8 Å². The molecule has 0 aromatic heterocycles. The smallest absolute Gasteiger partial charge is 0.0833 e. The van der Waals surface area contributed by atoms with E-state index in [9.17, 15) is 10.2 Å². The van der Waals surface area contributed by atoms with E-state index < -0.39 is 0 Å². The molecular formula is C26H36O6. The summed E-state index contributed by atoms with van der Waals surface area (Å²) < 4.78 is 22.1. The number of benzene rings is 2. The Morgan fingerprint density at radius 1 is 0.656 bits per heavy atom. The lowest BCUT2D eigenvalue weighted by Crippen LogP contribution is -2.32. The van der Waals surface area contributed by atoms with Gasteiger partial charge in [-0.2, -0.15) is 0 Å². The van der Waals surface area contributed by atoms with E-state index in [4.69, 9.17) is 18.9 Å². The quantitative estimate of drug-likeness (QED) is 0.649. The number of hydrogen-bond acceptors (Lipinski definition) is 6. The molecule has 2 saturated heterocycles. The van der Waals surface area contributed by atoms with Gasteiger partial charge in [0.2, 0.25) is 0 Å². The third-order valence-electron chi connectivity index (χ3n) is 5.51. The van der Waals surface area contributed by atoms with Crippen molar-refractivity contribution in [3.63, 3.8) is 0 Å². The molecule has 2 heterocycles. The molecule has 176 valence electrons. The monoisotopic (exact) mass is 444 g/mol. The fourth-order valence-corrected chi connectivity index (χ4v) is 3.72. The topological polar surface area (TPSA) is 77.4 Å². The van der Waals surface area contributed by atoms with Crippen molar-refractivity contribution in [1.29, 1.82) is 0 Å². The molecule has 0 spiro atoms. The van der Waals surface area contributed by atoms with Crippen molar-refractivity contribution in [3.05, 3.63) is 71.8 Å². The maximum atomic E-state index is 9.46. The van der Waals surface area contributed by atoms with E-state index in [1.807, 2.05) is 60.7 Å². The van der Waals surface area contributed by atoms with Gasteiger partial charge in [0.1, 0.15) is 0 Å². The number of aliphatic hydroxyl groups excluding tert-OH is 2. The summed E-state index contributed by atoms with van der Waals surface area (Å²) in [7, 11) is 0. The molecule has 4 rings (SSSR count). The first-order valence-electron chi connectivity index (χ1n) is 11.5. The minimum absolute atomic E-state index is 0.0486.